The van der Waals surface area contributed by atoms with Crippen LogP contribution in [0.3, 0.4) is 0 Å². The maximum atomic E-state index is 12.3. The molecular weight excluding hydrogens is 422 g/mol. The molecule has 0 aliphatic heterocycles. The number of methoxy groups -OCH3 is 3. The van der Waals surface area contributed by atoms with E-state index >= 15 is 0 Å². The molecule has 0 spiro atoms. The van der Waals surface area contributed by atoms with E-state index in [4.69, 9.17) is 14.2 Å². The summed E-state index contributed by atoms with van der Waals surface area (Å²) in [6, 6.07) is 12.8. The molecule has 0 heterocycles. The van der Waals surface area contributed by atoms with E-state index in [0.717, 1.165) is 16.1 Å². The van der Waals surface area contributed by atoms with E-state index in [9.17, 15) is 13.2 Å². The average Bonchev–Trinajstić information content (AvgIpc) is 2.75. The van der Waals surface area contributed by atoms with E-state index in [1.165, 1.54) is 27.5 Å². The Morgan fingerprint density at radius 1 is 1.03 bits per heavy atom. The molecule has 1 N–H and O–H groups in total. The van der Waals surface area contributed by atoms with Crippen molar-refractivity contribution >= 4 is 22.1 Å². The summed E-state index contributed by atoms with van der Waals surface area (Å²) in [5, 5.41) is 3.91. The van der Waals surface area contributed by atoms with Gasteiger partial charge in [-0.05, 0) is 24.1 Å². The third kappa shape index (κ3) is 6.97. The number of nitrogens with zero attached hydrogens (tertiary/aromatic N) is 2. The number of rotatable bonds is 11. The molecule has 2 aromatic rings. The largest absolute Gasteiger partial charge is 0.493 e. The van der Waals surface area contributed by atoms with Crippen molar-refractivity contribution in [3.05, 3.63) is 53.6 Å². The highest BCUT2D eigenvalue weighted by Gasteiger charge is 2.20. The number of carbonyl (C=O) groups excluding carboxylic acids is 1. The number of ether oxygens (including phenoxy) is 3. The Morgan fingerprint density at radius 2 is 1.71 bits per heavy atom. The van der Waals surface area contributed by atoms with Gasteiger partial charge in [-0.1, -0.05) is 30.3 Å². The van der Waals surface area contributed by atoms with E-state index < -0.39 is 15.9 Å². The quantitative estimate of drug-likeness (QED) is 0.413. The molecule has 0 unspecified atom stereocenters. The minimum absolute atomic E-state index is 0.184. The summed E-state index contributed by atoms with van der Waals surface area (Å²) in [4.78, 5) is 12.3. The first-order valence-corrected chi connectivity index (χ1v) is 11.2. The van der Waals surface area contributed by atoms with Crippen molar-refractivity contribution in [2.45, 2.75) is 6.42 Å². The van der Waals surface area contributed by atoms with Gasteiger partial charge in [0.25, 0.3) is 5.91 Å². The van der Waals surface area contributed by atoms with Gasteiger partial charge < -0.3 is 14.2 Å². The van der Waals surface area contributed by atoms with Crippen LogP contribution in [-0.2, 0) is 21.2 Å². The number of benzene rings is 2. The van der Waals surface area contributed by atoms with Crippen molar-refractivity contribution in [1.82, 2.24) is 9.73 Å². The predicted molar refractivity (Wildman–Crippen MR) is 118 cm³/mol. The molecule has 0 aliphatic rings. The number of hydrogen-bond acceptors (Lipinski definition) is 7. The fourth-order valence-electron chi connectivity index (χ4n) is 2.86. The van der Waals surface area contributed by atoms with Gasteiger partial charge in [0.05, 0.1) is 40.3 Å². The topological polar surface area (TPSA) is 107 Å². The number of hydrazone groups is 1. The zero-order chi connectivity index (χ0) is 22.9. The summed E-state index contributed by atoms with van der Waals surface area (Å²) in [6.07, 6.45) is 2.95. The van der Waals surface area contributed by atoms with E-state index in [-0.39, 0.29) is 13.1 Å². The smallest absolute Gasteiger partial charge is 0.255 e. The predicted octanol–water partition coefficient (Wildman–Crippen LogP) is 1.67. The van der Waals surface area contributed by atoms with E-state index in [0.29, 0.717) is 29.2 Å². The molecule has 9 nitrogen and oxygen atoms in total. The van der Waals surface area contributed by atoms with Crippen LogP contribution in [0.2, 0.25) is 0 Å². The number of amides is 1. The standard InChI is InChI=1S/C21H27N3O6S/c1-28-18-11-10-17(20(29-2)21(18)30-3)14-22-23-19(25)15-24(31(4,26)27)13-12-16-8-6-5-7-9-16/h5-11,14H,12-13,15H2,1-4H3,(H,23,25)/b22-14+. The lowest BCUT2D eigenvalue weighted by Crippen LogP contribution is -2.40. The fraction of sp³-hybridized carbons (Fsp3) is 0.333. The SMILES string of the molecule is COc1ccc(/C=N/NC(=O)CN(CCc2ccccc2)S(C)(=O)=O)c(OC)c1OC. The normalized spacial score (nSPS) is 11.5. The molecule has 2 rings (SSSR count). The molecule has 10 heteroatoms. The maximum Gasteiger partial charge on any atom is 0.255 e. The van der Waals surface area contributed by atoms with Crippen LogP contribution in [0, 0.1) is 0 Å². The van der Waals surface area contributed by atoms with Crippen LogP contribution < -0.4 is 19.6 Å². The van der Waals surface area contributed by atoms with Crippen LogP contribution in [0.1, 0.15) is 11.1 Å². The Balaban J connectivity index is 2.04. The minimum Gasteiger partial charge on any atom is -0.493 e. The lowest BCUT2D eigenvalue weighted by Gasteiger charge is -2.18. The second-order valence-corrected chi connectivity index (χ2v) is 8.53. The van der Waals surface area contributed by atoms with Crippen molar-refractivity contribution in [1.29, 1.82) is 0 Å². The van der Waals surface area contributed by atoms with E-state index in [1.807, 2.05) is 30.3 Å². The molecule has 168 valence electrons. The molecule has 0 aliphatic carbocycles. The van der Waals surface area contributed by atoms with Crippen molar-refractivity contribution in [2.24, 2.45) is 5.10 Å². The Hall–Kier alpha value is -3.11. The van der Waals surface area contributed by atoms with Crippen molar-refractivity contribution in [3.63, 3.8) is 0 Å². The van der Waals surface area contributed by atoms with Crippen molar-refractivity contribution < 1.29 is 27.4 Å². The minimum atomic E-state index is -3.56. The summed E-state index contributed by atoms with van der Waals surface area (Å²) < 4.78 is 41.1. The number of carbonyl (C=O) groups is 1. The Bertz CT molecular complexity index is 1010. The summed E-state index contributed by atoms with van der Waals surface area (Å²) in [6.45, 7) is -0.157. The molecule has 0 saturated heterocycles. The first-order chi connectivity index (χ1) is 14.8. The zero-order valence-corrected chi connectivity index (χ0v) is 18.8. The second-order valence-electron chi connectivity index (χ2n) is 6.55. The first-order valence-electron chi connectivity index (χ1n) is 9.40. The Morgan fingerprint density at radius 3 is 2.29 bits per heavy atom. The summed E-state index contributed by atoms with van der Waals surface area (Å²) >= 11 is 0. The Kier molecular flexibility index (Phi) is 8.83. The summed E-state index contributed by atoms with van der Waals surface area (Å²) in [5.74, 6) is 0.710. The molecule has 0 saturated carbocycles. The first kappa shape index (κ1) is 24.2. The van der Waals surface area contributed by atoms with Crippen LogP contribution in [0.5, 0.6) is 17.2 Å². The van der Waals surface area contributed by atoms with Gasteiger partial charge in [0.2, 0.25) is 15.8 Å². The highest BCUT2D eigenvalue weighted by atomic mass is 32.2. The molecule has 31 heavy (non-hydrogen) atoms. The van der Waals surface area contributed by atoms with E-state index in [2.05, 4.69) is 10.5 Å². The van der Waals surface area contributed by atoms with Gasteiger partial charge in [0.15, 0.2) is 11.5 Å². The molecule has 0 aromatic heterocycles. The highest BCUT2D eigenvalue weighted by molar-refractivity contribution is 7.88. The van der Waals surface area contributed by atoms with Crippen LogP contribution in [0.25, 0.3) is 0 Å². The molecule has 0 radical (unpaired) electrons. The fourth-order valence-corrected chi connectivity index (χ4v) is 3.63. The van der Waals surface area contributed by atoms with Crippen LogP contribution >= 0.6 is 0 Å². The van der Waals surface area contributed by atoms with Gasteiger partial charge in [-0.15, -0.1) is 0 Å². The average molecular weight is 450 g/mol. The lowest BCUT2D eigenvalue weighted by atomic mass is 10.1. The van der Waals surface area contributed by atoms with Gasteiger partial charge >= 0.3 is 0 Å². The molecule has 0 bridgehead atoms. The zero-order valence-electron chi connectivity index (χ0n) is 18.0. The lowest BCUT2D eigenvalue weighted by molar-refractivity contribution is -0.121. The van der Waals surface area contributed by atoms with Gasteiger partial charge in [-0.25, -0.2) is 13.8 Å². The van der Waals surface area contributed by atoms with Crippen LogP contribution in [0.15, 0.2) is 47.6 Å². The second kappa shape index (κ2) is 11.3. The molecular formula is C21H27N3O6S. The third-order valence-electron chi connectivity index (χ3n) is 4.41. The monoisotopic (exact) mass is 449 g/mol. The Labute approximate surface area is 182 Å². The molecule has 0 fully saturated rings. The van der Waals surface area contributed by atoms with Crippen LogP contribution in [0.4, 0.5) is 0 Å². The molecule has 0 atom stereocenters. The molecule has 1 amide bonds. The summed E-state index contributed by atoms with van der Waals surface area (Å²) in [7, 11) is 0.907. The number of nitrogens with one attached hydrogen (secondary N) is 1. The third-order valence-corrected chi connectivity index (χ3v) is 5.66. The van der Waals surface area contributed by atoms with Crippen molar-refractivity contribution in [3.8, 4) is 17.2 Å². The van der Waals surface area contributed by atoms with Gasteiger partial charge in [-0.3, -0.25) is 4.79 Å². The number of hydrogen-bond donors (Lipinski definition) is 1. The maximum absolute atomic E-state index is 12.3. The summed E-state index contributed by atoms with van der Waals surface area (Å²) in [5.41, 5.74) is 3.87. The van der Waals surface area contributed by atoms with Gasteiger partial charge in [-0.2, -0.15) is 9.41 Å². The molecule has 2 aromatic carbocycles. The number of sulfonamides is 1. The highest BCUT2D eigenvalue weighted by Crippen LogP contribution is 2.38. The van der Waals surface area contributed by atoms with Gasteiger partial charge in [0, 0.05) is 12.1 Å². The van der Waals surface area contributed by atoms with Crippen molar-refractivity contribution in [2.75, 3.05) is 40.7 Å². The van der Waals surface area contributed by atoms with Gasteiger partial charge in [0.1, 0.15) is 0 Å². The van der Waals surface area contributed by atoms with Crippen LogP contribution in [-0.4, -0.2) is 65.5 Å². The van der Waals surface area contributed by atoms with E-state index in [1.54, 1.807) is 12.1 Å².